The molecule has 1 atom stereocenters. The molecule has 3 heterocycles. The maximum Gasteiger partial charge on any atom is 0.451 e. The molecular weight excluding hydrogens is 327 g/mol. The Bertz CT molecular complexity index is 703. The van der Waals surface area contributed by atoms with Crippen LogP contribution in [0.25, 0.3) is 0 Å². The number of carbonyl (C=O) groups is 1. The summed E-state index contributed by atoms with van der Waals surface area (Å²) in [4.78, 5) is 25.6. The summed E-state index contributed by atoms with van der Waals surface area (Å²) in [7, 11) is 0. The van der Waals surface area contributed by atoms with E-state index in [-0.39, 0.29) is 5.95 Å². The molecule has 1 amide bonds. The van der Waals surface area contributed by atoms with Crippen molar-refractivity contribution in [2.75, 3.05) is 23.3 Å². The van der Waals surface area contributed by atoms with Crippen molar-refractivity contribution in [1.82, 2.24) is 25.1 Å². The third kappa shape index (κ3) is 3.60. The van der Waals surface area contributed by atoms with Crippen molar-refractivity contribution in [3.05, 3.63) is 24.4 Å². The zero-order valence-corrected chi connectivity index (χ0v) is 12.4. The van der Waals surface area contributed by atoms with E-state index in [9.17, 15) is 18.0 Å². The van der Waals surface area contributed by atoms with E-state index in [1.807, 2.05) is 4.90 Å². The molecule has 128 valence electrons. The van der Waals surface area contributed by atoms with Gasteiger partial charge in [-0.2, -0.15) is 18.2 Å². The molecule has 0 radical (unpaired) electrons. The largest absolute Gasteiger partial charge is 0.451 e. The van der Waals surface area contributed by atoms with E-state index in [1.165, 1.54) is 0 Å². The molecule has 0 aliphatic carbocycles. The SMILES string of the molecule is O=C(Nc1n[nH]c(C(F)(F)F)n1)[C@@H]1CCCN(c2cnccn2)C1. The highest BCUT2D eigenvalue weighted by Gasteiger charge is 2.36. The predicted octanol–water partition coefficient (Wildman–Crippen LogP) is 1.47. The Labute approximate surface area is 134 Å². The number of nitrogens with zero attached hydrogens (tertiary/aromatic N) is 5. The Hall–Kier alpha value is -2.72. The van der Waals surface area contributed by atoms with E-state index in [2.05, 4.69) is 25.4 Å². The van der Waals surface area contributed by atoms with Crippen molar-refractivity contribution >= 4 is 17.7 Å². The molecule has 0 aromatic carbocycles. The number of hydrogen-bond acceptors (Lipinski definition) is 6. The quantitative estimate of drug-likeness (QED) is 0.877. The summed E-state index contributed by atoms with van der Waals surface area (Å²) in [6.07, 6.45) is 1.47. The van der Waals surface area contributed by atoms with Gasteiger partial charge in [0.2, 0.25) is 17.7 Å². The molecule has 0 saturated carbocycles. The lowest BCUT2D eigenvalue weighted by molar-refractivity contribution is -0.144. The Balaban J connectivity index is 1.63. The number of hydrogen-bond donors (Lipinski definition) is 2. The van der Waals surface area contributed by atoms with E-state index in [0.29, 0.717) is 18.8 Å². The van der Waals surface area contributed by atoms with Crippen LogP contribution in [0.3, 0.4) is 0 Å². The molecule has 3 rings (SSSR count). The lowest BCUT2D eigenvalue weighted by Crippen LogP contribution is -2.41. The zero-order valence-electron chi connectivity index (χ0n) is 12.4. The molecule has 0 bridgehead atoms. The summed E-state index contributed by atoms with van der Waals surface area (Å²) in [5, 5.41) is 7.45. The summed E-state index contributed by atoms with van der Waals surface area (Å²) in [6, 6.07) is 0. The fraction of sp³-hybridized carbons (Fsp3) is 0.462. The number of nitrogens with one attached hydrogen (secondary N) is 2. The van der Waals surface area contributed by atoms with Gasteiger partial charge in [-0.15, -0.1) is 5.10 Å². The van der Waals surface area contributed by atoms with Crippen LogP contribution in [0.5, 0.6) is 0 Å². The van der Waals surface area contributed by atoms with Gasteiger partial charge >= 0.3 is 6.18 Å². The Morgan fingerprint density at radius 3 is 2.88 bits per heavy atom. The van der Waals surface area contributed by atoms with Crippen molar-refractivity contribution < 1.29 is 18.0 Å². The smallest absolute Gasteiger partial charge is 0.355 e. The number of amides is 1. The first-order valence-electron chi connectivity index (χ1n) is 7.25. The minimum atomic E-state index is -4.64. The highest BCUT2D eigenvalue weighted by Crippen LogP contribution is 2.26. The minimum Gasteiger partial charge on any atom is -0.355 e. The first kappa shape index (κ1) is 16.1. The van der Waals surface area contributed by atoms with Crippen LogP contribution >= 0.6 is 0 Å². The summed E-state index contributed by atoms with van der Waals surface area (Å²) >= 11 is 0. The zero-order chi connectivity index (χ0) is 17.2. The Morgan fingerprint density at radius 2 is 2.21 bits per heavy atom. The number of carbonyl (C=O) groups excluding carboxylic acids is 1. The van der Waals surface area contributed by atoms with Crippen molar-refractivity contribution in [3.63, 3.8) is 0 Å². The maximum absolute atomic E-state index is 12.5. The van der Waals surface area contributed by atoms with E-state index in [1.54, 1.807) is 23.7 Å². The van der Waals surface area contributed by atoms with Gasteiger partial charge < -0.3 is 4.90 Å². The van der Waals surface area contributed by atoms with Gasteiger partial charge in [-0.3, -0.25) is 20.2 Å². The van der Waals surface area contributed by atoms with Crippen LogP contribution in [-0.4, -0.2) is 44.1 Å². The number of anilines is 2. The standard InChI is InChI=1S/C13H14F3N7O/c14-13(15,16)11-20-12(22-21-11)19-10(24)8-2-1-5-23(7-8)9-6-17-3-4-18-9/h3-4,6,8H,1-2,5,7H2,(H2,19,20,21,22,24)/t8-/m1/s1. The number of halogens is 3. The number of aromatic amines is 1. The van der Waals surface area contributed by atoms with Crippen molar-refractivity contribution in [1.29, 1.82) is 0 Å². The third-order valence-electron chi connectivity index (χ3n) is 3.65. The van der Waals surface area contributed by atoms with Gasteiger partial charge in [0.15, 0.2) is 0 Å². The molecular formula is C13H14F3N7O. The molecule has 11 heteroatoms. The van der Waals surface area contributed by atoms with Crippen molar-refractivity contribution in [2.45, 2.75) is 19.0 Å². The van der Waals surface area contributed by atoms with Gasteiger partial charge in [0, 0.05) is 25.5 Å². The fourth-order valence-corrected chi connectivity index (χ4v) is 2.51. The van der Waals surface area contributed by atoms with E-state index in [4.69, 9.17) is 0 Å². The fourth-order valence-electron chi connectivity index (χ4n) is 2.51. The van der Waals surface area contributed by atoms with Crippen molar-refractivity contribution in [3.8, 4) is 0 Å². The van der Waals surface area contributed by atoms with Gasteiger partial charge in [0.1, 0.15) is 5.82 Å². The maximum atomic E-state index is 12.5. The third-order valence-corrected chi connectivity index (χ3v) is 3.65. The summed E-state index contributed by atoms with van der Waals surface area (Å²) in [6.45, 7) is 1.14. The summed E-state index contributed by atoms with van der Waals surface area (Å²) in [5.74, 6) is -1.79. The van der Waals surface area contributed by atoms with Crippen LogP contribution in [-0.2, 0) is 11.0 Å². The van der Waals surface area contributed by atoms with E-state index < -0.39 is 23.8 Å². The second-order valence-electron chi connectivity index (χ2n) is 5.34. The average molecular weight is 341 g/mol. The van der Waals surface area contributed by atoms with Gasteiger partial charge in [-0.25, -0.2) is 4.98 Å². The topological polar surface area (TPSA) is 99.7 Å². The first-order valence-corrected chi connectivity index (χ1v) is 7.25. The molecule has 1 saturated heterocycles. The number of H-pyrrole nitrogens is 1. The normalized spacial score (nSPS) is 18.5. The monoisotopic (exact) mass is 341 g/mol. The number of rotatable bonds is 3. The van der Waals surface area contributed by atoms with Crippen LogP contribution in [0.2, 0.25) is 0 Å². The van der Waals surface area contributed by atoms with Crippen LogP contribution in [0.15, 0.2) is 18.6 Å². The Morgan fingerprint density at radius 1 is 1.38 bits per heavy atom. The van der Waals surface area contributed by atoms with Crippen LogP contribution in [0, 0.1) is 5.92 Å². The molecule has 2 aromatic heterocycles. The van der Waals surface area contributed by atoms with Gasteiger partial charge in [0.05, 0.1) is 12.1 Å². The van der Waals surface area contributed by atoms with Crippen molar-refractivity contribution in [2.24, 2.45) is 5.92 Å². The number of aromatic nitrogens is 5. The molecule has 0 unspecified atom stereocenters. The average Bonchev–Trinajstić information content (AvgIpc) is 3.05. The summed E-state index contributed by atoms with van der Waals surface area (Å²) in [5.41, 5.74) is 0. The second kappa shape index (κ2) is 6.42. The number of alkyl halides is 3. The van der Waals surface area contributed by atoms with Gasteiger partial charge in [-0.1, -0.05) is 0 Å². The molecule has 1 aliphatic heterocycles. The predicted molar refractivity (Wildman–Crippen MR) is 77.0 cm³/mol. The summed E-state index contributed by atoms with van der Waals surface area (Å²) < 4.78 is 37.4. The van der Waals surface area contributed by atoms with E-state index in [0.717, 1.165) is 13.0 Å². The van der Waals surface area contributed by atoms with Gasteiger partial charge in [0.25, 0.3) is 0 Å². The Kier molecular flexibility index (Phi) is 4.32. The van der Waals surface area contributed by atoms with Crippen LogP contribution in [0.4, 0.5) is 24.9 Å². The second-order valence-corrected chi connectivity index (χ2v) is 5.34. The van der Waals surface area contributed by atoms with Crippen LogP contribution < -0.4 is 10.2 Å². The highest BCUT2D eigenvalue weighted by atomic mass is 19.4. The molecule has 24 heavy (non-hydrogen) atoms. The molecule has 1 aliphatic rings. The molecule has 2 aromatic rings. The van der Waals surface area contributed by atoms with E-state index >= 15 is 0 Å². The molecule has 2 N–H and O–H groups in total. The van der Waals surface area contributed by atoms with Crippen LogP contribution in [0.1, 0.15) is 18.7 Å². The molecule has 8 nitrogen and oxygen atoms in total. The molecule has 0 spiro atoms. The first-order chi connectivity index (χ1) is 11.4. The number of piperidine rings is 1. The van der Waals surface area contributed by atoms with Gasteiger partial charge in [-0.05, 0) is 12.8 Å². The highest BCUT2D eigenvalue weighted by molar-refractivity contribution is 5.91. The molecule has 1 fully saturated rings. The lowest BCUT2D eigenvalue weighted by atomic mass is 9.97. The minimum absolute atomic E-state index is 0.385. The lowest BCUT2D eigenvalue weighted by Gasteiger charge is -2.32.